The smallest absolute Gasteiger partial charge is 0.224 e. The molecule has 1 aromatic rings. The van der Waals surface area contributed by atoms with Gasteiger partial charge in [0.05, 0.1) is 24.9 Å². The summed E-state index contributed by atoms with van der Waals surface area (Å²) < 4.78 is 10.2. The third kappa shape index (κ3) is 3.78. The number of methoxy groups -OCH3 is 2. The molecule has 0 aromatic heterocycles. The van der Waals surface area contributed by atoms with E-state index in [1.54, 1.807) is 12.1 Å². The van der Waals surface area contributed by atoms with Crippen LogP contribution in [0, 0.1) is 0 Å². The van der Waals surface area contributed by atoms with E-state index in [2.05, 4.69) is 5.32 Å². The summed E-state index contributed by atoms with van der Waals surface area (Å²) in [4.78, 5) is 11.6. The summed E-state index contributed by atoms with van der Waals surface area (Å²) in [6.45, 7) is 0.479. The van der Waals surface area contributed by atoms with E-state index in [0.717, 1.165) is 0 Å². The minimum atomic E-state index is -0.130. The molecule has 1 amide bonds. The molecule has 3 N–H and O–H groups in total. The van der Waals surface area contributed by atoms with Gasteiger partial charge < -0.3 is 20.5 Å². The van der Waals surface area contributed by atoms with Crippen molar-refractivity contribution in [3.63, 3.8) is 0 Å². The monoisotopic (exact) mass is 272 g/mol. The van der Waals surface area contributed by atoms with Crippen LogP contribution >= 0.6 is 11.6 Å². The van der Waals surface area contributed by atoms with Gasteiger partial charge in [-0.1, -0.05) is 11.6 Å². The minimum Gasteiger partial charge on any atom is -0.493 e. The molecule has 6 heteroatoms. The first-order valence-electron chi connectivity index (χ1n) is 5.53. The van der Waals surface area contributed by atoms with Gasteiger partial charge >= 0.3 is 0 Å². The molecule has 100 valence electrons. The number of rotatable bonds is 6. The molecule has 0 atom stereocenters. The zero-order valence-electron chi connectivity index (χ0n) is 10.5. The third-order valence-electron chi connectivity index (χ3n) is 2.36. The van der Waals surface area contributed by atoms with Crippen molar-refractivity contribution < 1.29 is 14.3 Å². The Morgan fingerprint density at radius 3 is 2.50 bits per heavy atom. The molecular weight excluding hydrogens is 256 g/mol. The van der Waals surface area contributed by atoms with E-state index < -0.39 is 0 Å². The number of hydrogen-bond acceptors (Lipinski definition) is 4. The fourth-order valence-electron chi connectivity index (χ4n) is 1.43. The molecule has 5 nitrogen and oxygen atoms in total. The van der Waals surface area contributed by atoms with Gasteiger partial charge in [-0.3, -0.25) is 4.79 Å². The molecule has 0 radical (unpaired) electrons. The predicted octanol–water partition coefficient (Wildman–Crippen LogP) is 2.03. The predicted molar refractivity (Wildman–Crippen MR) is 71.5 cm³/mol. The molecule has 0 saturated carbocycles. The normalized spacial score (nSPS) is 10.0. The maximum Gasteiger partial charge on any atom is 0.224 e. The van der Waals surface area contributed by atoms with Crippen molar-refractivity contribution in [3.05, 3.63) is 17.2 Å². The Morgan fingerprint density at radius 1 is 1.33 bits per heavy atom. The molecule has 1 rings (SSSR count). The first-order chi connectivity index (χ1) is 8.62. The second-order valence-corrected chi connectivity index (χ2v) is 4.03. The number of amides is 1. The summed E-state index contributed by atoms with van der Waals surface area (Å²) in [6, 6.07) is 3.22. The highest BCUT2D eigenvalue weighted by molar-refractivity contribution is 6.34. The Morgan fingerprint density at radius 2 is 1.94 bits per heavy atom. The van der Waals surface area contributed by atoms with Crippen molar-refractivity contribution in [1.29, 1.82) is 0 Å². The van der Waals surface area contributed by atoms with Gasteiger partial charge in [0, 0.05) is 18.6 Å². The fourth-order valence-corrected chi connectivity index (χ4v) is 1.63. The maximum atomic E-state index is 11.6. The SMILES string of the molecule is COc1cc(Cl)c(NC(=O)CCCN)cc1OC. The van der Waals surface area contributed by atoms with Gasteiger partial charge in [0.15, 0.2) is 11.5 Å². The van der Waals surface area contributed by atoms with Crippen molar-refractivity contribution in [3.8, 4) is 11.5 Å². The van der Waals surface area contributed by atoms with Crippen molar-refractivity contribution in [2.45, 2.75) is 12.8 Å². The largest absolute Gasteiger partial charge is 0.493 e. The highest BCUT2D eigenvalue weighted by atomic mass is 35.5. The van der Waals surface area contributed by atoms with Crippen LogP contribution in [-0.4, -0.2) is 26.7 Å². The third-order valence-corrected chi connectivity index (χ3v) is 2.67. The van der Waals surface area contributed by atoms with E-state index in [-0.39, 0.29) is 5.91 Å². The molecule has 0 saturated heterocycles. The lowest BCUT2D eigenvalue weighted by atomic mass is 10.2. The Balaban J connectivity index is 2.85. The van der Waals surface area contributed by atoms with Gasteiger partial charge in [-0.25, -0.2) is 0 Å². The number of halogens is 1. The zero-order valence-corrected chi connectivity index (χ0v) is 11.2. The van der Waals surface area contributed by atoms with Gasteiger partial charge in [-0.15, -0.1) is 0 Å². The van der Waals surface area contributed by atoms with Crippen LogP contribution in [0.3, 0.4) is 0 Å². The summed E-state index contributed by atoms with van der Waals surface area (Å²) >= 11 is 6.04. The van der Waals surface area contributed by atoms with Crippen molar-refractivity contribution in [1.82, 2.24) is 0 Å². The number of nitrogens with two attached hydrogens (primary N) is 1. The van der Waals surface area contributed by atoms with Crippen molar-refractivity contribution in [2.24, 2.45) is 5.73 Å². The Kier molecular flexibility index (Phi) is 5.74. The van der Waals surface area contributed by atoms with E-state index in [4.69, 9.17) is 26.8 Å². The highest BCUT2D eigenvalue weighted by Crippen LogP contribution is 2.36. The van der Waals surface area contributed by atoms with Gasteiger partial charge in [-0.2, -0.15) is 0 Å². The lowest BCUT2D eigenvalue weighted by Gasteiger charge is -2.12. The number of hydrogen-bond donors (Lipinski definition) is 2. The highest BCUT2D eigenvalue weighted by Gasteiger charge is 2.11. The van der Waals surface area contributed by atoms with E-state index in [1.165, 1.54) is 14.2 Å². The van der Waals surface area contributed by atoms with Gasteiger partial charge in [0.2, 0.25) is 5.91 Å². The summed E-state index contributed by atoms with van der Waals surface area (Å²) in [7, 11) is 3.04. The van der Waals surface area contributed by atoms with E-state index in [9.17, 15) is 4.79 Å². The molecule has 0 bridgehead atoms. The topological polar surface area (TPSA) is 73.6 Å². The van der Waals surface area contributed by atoms with Crippen LogP contribution in [0.25, 0.3) is 0 Å². The number of anilines is 1. The molecule has 0 unspecified atom stereocenters. The second-order valence-electron chi connectivity index (χ2n) is 3.63. The van der Waals surface area contributed by atoms with E-state index in [0.29, 0.717) is 41.6 Å². The molecule has 0 aliphatic rings. The van der Waals surface area contributed by atoms with Crippen LogP contribution in [-0.2, 0) is 4.79 Å². The number of carbonyl (C=O) groups excluding carboxylic acids is 1. The second kappa shape index (κ2) is 7.08. The standard InChI is InChI=1S/C12H17ClN2O3/c1-17-10-6-8(13)9(7-11(10)18-2)15-12(16)4-3-5-14/h6-7H,3-5,14H2,1-2H3,(H,15,16). The number of ether oxygens (including phenoxy) is 2. The molecule has 0 spiro atoms. The van der Waals surface area contributed by atoms with Crippen LogP contribution in [0.5, 0.6) is 11.5 Å². The van der Waals surface area contributed by atoms with Crippen LogP contribution in [0.4, 0.5) is 5.69 Å². The van der Waals surface area contributed by atoms with Gasteiger partial charge in [0.25, 0.3) is 0 Å². The molecule has 1 aromatic carbocycles. The molecule has 0 fully saturated rings. The Labute approximate surface area is 111 Å². The summed E-state index contributed by atoms with van der Waals surface area (Å²) in [5, 5.41) is 3.11. The number of benzene rings is 1. The quantitative estimate of drug-likeness (QED) is 0.831. The maximum absolute atomic E-state index is 11.6. The Bertz CT molecular complexity index is 424. The number of nitrogens with one attached hydrogen (secondary N) is 1. The van der Waals surface area contributed by atoms with Crippen molar-refractivity contribution in [2.75, 3.05) is 26.1 Å². The lowest BCUT2D eigenvalue weighted by Crippen LogP contribution is -2.13. The first-order valence-corrected chi connectivity index (χ1v) is 5.91. The average molecular weight is 273 g/mol. The van der Waals surface area contributed by atoms with E-state index >= 15 is 0 Å². The van der Waals surface area contributed by atoms with Gasteiger partial charge in [0.1, 0.15) is 0 Å². The van der Waals surface area contributed by atoms with Crippen LogP contribution in [0.15, 0.2) is 12.1 Å². The molecule has 18 heavy (non-hydrogen) atoms. The lowest BCUT2D eigenvalue weighted by molar-refractivity contribution is -0.116. The summed E-state index contributed by atoms with van der Waals surface area (Å²) in [6.07, 6.45) is 0.998. The summed E-state index contributed by atoms with van der Waals surface area (Å²) in [5.74, 6) is 0.896. The average Bonchev–Trinajstić information content (AvgIpc) is 2.38. The Hall–Kier alpha value is -1.46. The molecule has 0 aliphatic heterocycles. The van der Waals surface area contributed by atoms with Crippen molar-refractivity contribution >= 4 is 23.2 Å². The first kappa shape index (κ1) is 14.6. The molecular formula is C12H17ClN2O3. The van der Waals surface area contributed by atoms with Crippen LogP contribution in [0.1, 0.15) is 12.8 Å². The fraction of sp³-hybridized carbons (Fsp3) is 0.417. The number of carbonyl (C=O) groups is 1. The minimum absolute atomic E-state index is 0.130. The van der Waals surface area contributed by atoms with Crippen LogP contribution in [0.2, 0.25) is 5.02 Å². The zero-order chi connectivity index (χ0) is 13.5. The van der Waals surface area contributed by atoms with E-state index in [1.807, 2.05) is 0 Å². The summed E-state index contributed by atoms with van der Waals surface area (Å²) in [5.41, 5.74) is 5.84. The molecule has 0 aliphatic carbocycles. The van der Waals surface area contributed by atoms with Gasteiger partial charge in [-0.05, 0) is 13.0 Å². The molecule has 0 heterocycles. The van der Waals surface area contributed by atoms with Crippen LogP contribution < -0.4 is 20.5 Å².